The molecule has 0 spiro atoms. The molecule has 0 amide bonds. The van der Waals surface area contributed by atoms with Gasteiger partial charge in [0.05, 0.1) is 0 Å². The van der Waals surface area contributed by atoms with Crippen LogP contribution in [-0.4, -0.2) is 0 Å². The van der Waals surface area contributed by atoms with Crippen molar-refractivity contribution < 1.29 is 0 Å². The van der Waals surface area contributed by atoms with Gasteiger partial charge in [0.2, 0.25) is 0 Å². The molecule has 0 radical (unpaired) electrons. The zero-order chi connectivity index (χ0) is 10.4. The van der Waals surface area contributed by atoms with Crippen molar-refractivity contribution in [2.24, 2.45) is 0 Å². The van der Waals surface area contributed by atoms with E-state index in [1.807, 2.05) is 0 Å². The molecular weight excluding hydrogens is 168 g/mol. The SMILES string of the molecule is CCCc1cccc(C(CC)CC)c1. The van der Waals surface area contributed by atoms with Crippen molar-refractivity contribution >= 4 is 0 Å². The first-order valence-electron chi connectivity index (χ1n) is 5.90. The van der Waals surface area contributed by atoms with Gasteiger partial charge in [-0.1, -0.05) is 51.5 Å². The summed E-state index contributed by atoms with van der Waals surface area (Å²) < 4.78 is 0. The van der Waals surface area contributed by atoms with Crippen LogP contribution in [0.5, 0.6) is 0 Å². The molecule has 0 fully saturated rings. The van der Waals surface area contributed by atoms with Crippen LogP contribution in [0.25, 0.3) is 0 Å². The second-order valence-electron chi connectivity index (χ2n) is 4.01. The summed E-state index contributed by atoms with van der Waals surface area (Å²) in [6.07, 6.45) is 4.97. The Morgan fingerprint density at radius 2 is 1.79 bits per heavy atom. The molecule has 0 saturated heterocycles. The molecule has 0 aliphatic carbocycles. The molecule has 0 aliphatic heterocycles. The van der Waals surface area contributed by atoms with Crippen LogP contribution in [0.4, 0.5) is 0 Å². The summed E-state index contributed by atoms with van der Waals surface area (Å²) in [4.78, 5) is 0. The topological polar surface area (TPSA) is 0 Å². The molecule has 0 heteroatoms. The maximum atomic E-state index is 2.39. The third-order valence-electron chi connectivity index (χ3n) is 2.95. The maximum absolute atomic E-state index is 2.39. The molecule has 78 valence electrons. The summed E-state index contributed by atoms with van der Waals surface area (Å²) >= 11 is 0. The van der Waals surface area contributed by atoms with E-state index in [4.69, 9.17) is 0 Å². The molecule has 0 unspecified atom stereocenters. The molecular formula is C14H22. The van der Waals surface area contributed by atoms with Crippen LogP contribution in [0, 0.1) is 0 Å². The molecule has 0 N–H and O–H groups in total. The van der Waals surface area contributed by atoms with Crippen molar-refractivity contribution in [1.29, 1.82) is 0 Å². The molecule has 0 saturated carbocycles. The third kappa shape index (κ3) is 2.87. The van der Waals surface area contributed by atoms with Gasteiger partial charge in [0, 0.05) is 0 Å². The fourth-order valence-electron chi connectivity index (χ4n) is 2.05. The number of hydrogen-bond acceptors (Lipinski definition) is 0. The van der Waals surface area contributed by atoms with Gasteiger partial charge in [-0.25, -0.2) is 0 Å². The average Bonchev–Trinajstić information content (AvgIpc) is 2.21. The average molecular weight is 190 g/mol. The fraction of sp³-hybridized carbons (Fsp3) is 0.571. The van der Waals surface area contributed by atoms with Gasteiger partial charge < -0.3 is 0 Å². The molecule has 1 aromatic rings. The van der Waals surface area contributed by atoms with E-state index in [0.29, 0.717) is 0 Å². The summed E-state index contributed by atoms with van der Waals surface area (Å²) in [5.74, 6) is 0.756. The van der Waals surface area contributed by atoms with E-state index >= 15 is 0 Å². The highest BCUT2D eigenvalue weighted by Gasteiger charge is 2.06. The third-order valence-corrected chi connectivity index (χ3v) is 2.95. The molecule has 0 aromatic heterocycles. The van der Waals surface area contributed by atoms with Crippen molar-refractivity contribution in [3.05, 3.63) is 35.4 Å². The molecule has 0 bridgehead atoms. The normalized spacial score (nSPS) is 10.9. The minimum Gasteiger partial charge on any atom is -0.0651 e. The van der Waals surface area contributed by atoms with Crippen LogP contribution in [0.15, 0.2) is 24.3 Å². The van der Waals surface area contributed by atoms with E-state index in [1.165, 1.54) is 36.8 Å². The van der Waals surface area contributed by atoms with E-state index in [2.05, 4.69) is 45.0 Å². The van der Waals surface area contributed by atoms with Gasteiger partial charge >= 0.3 is 0 Å². The highest BCUT2D eigenvalue weighted by atomic mass is 14.1. The van der Waals surface area contributed by atoms with E-state index < -0.39 is 0 Å². The standard InChI is InChI=1S/C14H22/c1-4-8-12-9-7-10-14(11-12)13(5-2)6-3/h7,9-11,13H,4-6,8H2,1-3H3. The summed E-state index contributed by atoms with van der Waals surface area (Å²) in [6, 6.07) is 9.12. The van der Waals surface area contributed by atoms with E-state index in [0.717, 1.165) is 5.92 Å². The number of benzene rings is 1. The van der Waals surface area contributed by atoms with Gasteiger partial charge in [-0.05, 0) is 36.3 Å². The Bertz CT molecular complexity index is 258. The molecule has 0 atom stereocenters. The minimum absolute atomic E-state index is 0.756. The van der Waals surface area contributed by atoms with Crippen molar-refractivity contribution in [3.63, 3.8) is 0 Å². The van der Waals surface area contributed by atoms with Crippen LogP contribution < -0.4 is 0 Å². The summed E-state index contributed by atoms with van der Waals surface area (Å²) in [7, 11) is 0. The van der Waals surface area contributed by atoms with Gasteiger partial charge in [-0.3, -0.25) is 0 Å². The predicted octanol–water partition coefficient (Wildman–Crippen LogP) is 4.54. The Morgan fingerprint density at radius 3 is 2.36 bits per heavy atom. The van der Waals surface area contributed by atoms with Crippen LogP contribution >= 0.6 is 0 Å². The molecule has 14 heavy (non-hydrogen) atoms. The second-order valence-corrected chi connectivity index (χ2v) is 4.01. The molecule has 1 rings (SSSR count). The summed E-state index contributed by atoms with van der Waals surface area (Å²) in [5.41, 5.74) is 3.03. The van der Waals surface area contributed by atoms with Crippen LogP contribution in [0.2, 0.25) is 0 Å². The molecule has 0 aliphatic rings. The number of rotatable bonds is 5. The van der Waals surface area contributed by atoms with Gasteiger partial charge in [0.25, 0.3) is 0 Å². The van der Waals surface area contributed by atoms with E-state index in [1.54, 1.807) is 0 Å². The number of hydrogen-bond donors (Lipinski definition) is 0. The van der Waals surface area contributed by atoms with Crippen LogP contribution in [-0.2, 0) is 6.42 Å². The molecule has 0 heterocycles. The second kappa shape index (κ2) is 5.85. The van der Waals surface area contributed by atoms with Gasteiger partial charge in [-0.15, -0.1) is 0 Å². The Hall–Kier alpha value is -0.780. The zero-order valence-electron chi connectivity index (χ0n) is 9.72. The van der Waals surface area contributed by atoms with Gasteiger partial charge in [-0.2, -0.15) is 0 Å². The van der Waals surface area contributed by atoms with Crippen molar-refractivity contribution in [3.8, 4) is 0 Å². The lowest BCUT2D eigenvalue weighted by molar-refractivity contribution is 0.641. The quantitative estimate of drug-likeness (QED) is 0.639. The minimum atomic E-state index is 0.756. The highest BCUT2D eigenvalue weighted by molar-refractivity contribution is 5.26. The van der Waals surface area contributed by atoms with Crippen molar-refractivity contribution in [2.75, 3.05) is 0 Å². The fourth-order valence-corrected chi connectivity index (χ4v) is 2.05. The lowest BCUT2D eigenvalue weighted by Gasteiger charge is -2.13. The lowest BCUT2D eigenvalue weighted by atomic mass is 9.92. The monoisotopic (exact) mass is 190 g/mol. The Kier molecular flexibility index (Phi) is 4.72. The molecule has 1 aromatic carbocycles. The van der Waals surface area contributed by atoms with E-state index in [9.17, 15) is 0 Å². The summed E-state index contributed by atoms with van der Waals surface area (Å²) in [6.45, 7) is 6.80. The Morgan fingerprint density at radius 1 is 1.07 bits per heavy atom. The smallest absolute Gasteiger partial charge is 0.0167 e. The van der Waals surface area contributed by atoms with Gasteiger partial charge in [0.15, 0.2) is 0 Å². The predicted molar refractivity (Wildman–Crippen MR) is 63.8 cm³/mol. The van der Waals surface area contributed by atoms with Crippen molar-refractivity contribution in [2.45, 2.75) is 52.4 Å². The number of aryl methyl sites for hydroxylation is 1. The van der Waals surface area contributed by atoms with Gasteiger partial charge in [0.1, 0.15) is 0 Å². The van der Waals surface area contributed by atoms with Crippen molar-refractivity contribution in [1.82, 2.24) is 0 Å². The Labute approximate surface area is 88.4 Å². The van der Waals surface area contributed by atoms with Crippen LogP contribution in [0.3, 0.4) is 0 Å². The van der Waals surface area contributed by atoms with Crippen LogP contribution in [0.1, 0.15) is 57.1 Å². The molecule has 0 nitrogen and oxygen atoms in total. The lowest BCUT2D eigenvalue weighted by Crippen LogP contribution is -1.96. The first kappa shape index (κ1) is 11.3. The summed E-state index contributed by atoms with van der Waals surface area (Å²) in [5, 5.41) is 0. The Balaban J connectivity index is 2.81. The first-order chi connectivity index (χ1) is 6.81. The largest absolute Gasteiger partial charge is 0.0651 e. The first-order valence-corrected chi connectivity index (χ1v) is 5.90. The maximum Gasteiger partial charge on any atom is -0.0167 e. The highest BCUT2D eigenvalue weighted by Crippen LogP contribution is 2.23. The zero-order valence-corrected chi connectivity index (χ0v) is 9.72. The van der Waals surface area contributed by atoms with E-state index in [-0.39, 0.29) is 0 Å².